The largest absolute Gasteiger partial charge is 0.494 e. The van der Waals surface area contributed by atoms with E-state index >= 15 is 0 Å². The second kappa shape index (κ2) is 8.81. The highest BCUT2D eigenvalue weighted by molar-refractivity contribution is 6.00. The van der Waals surface area contributed by atoms with Crippen molar-refractivity contribution in [1.82, 2.24) is 24.0 Å². The molecule has 38 heavy (non-hydrogen) atoms. The molecule has 1 aromatic carbocycles. The molecular formula is C29H34N6O3. The van der Waals surface area contributed by atoms with Gasteiger partial charge in [0.05, 0.1) is 24.4 Å². The van der Waals surface area contributed by atoms with Crippen LogP contribution >= 0.6 is 0 Å². The van der Waals surface area contributed by atoms with Crippen LogP contribution < -0.4 is 10.5 Å². The Morgan fingerprint density at radius 1 is 1.18 bits per heavy atom. The van der Waals surface area contributed by atoms with Gasteiger partial charge < -0.3 is 29.2 Å². The number of nitrogens with two attached hydrogens (primary N) is 1. The summed E-state index contributed by atoms with van der Waals surface area (Å²) in [4.78, 5) is 25.5. The van der Waals surface area contributed by atoms with Gasteiger partial charge in [-0.25, -0.2) is 9.97 Å². The van der Waals surface area contributed by atoms with Gasteiger partial charge in [-0.05, 0) is 68.9 Å². The molecule has 7 rings (SSSR count). The molecule has 4 heterocycles. The molecule has 2 aliphatic carbocycles. The normalized spacial score (nSPS) is 26.4. The number of likely N-dealkylation sites (tertiary alicyclic amines) is 1. The topological polar surface area (TPSA) is 100 Å². The van der Waals surface area contributed by atoms with Crippen LogP contribution in [0.1, 0.15) is 49.0 Å². The van der Waals surface area contributed by atoms with Crippen molar-refractivity contribution in [3.8, 4) is 17.3 Å². The average Bonchev–Trinajstić information content (AvgIpc) is 3.66. The molecule has 2 saturated carbocycles. The summed E-state index contributed by atoms with van der Waals surface area (Å²) >= 11 is 0. The number of rotatable bonds is 6. The summed E-state index contributed by atoms with van der Waals surface area (Å²) in [5.74, 6) is 1.94. The number of aromatic nitrogens is 4. The van der Waals surface area contributed by atoms with Crippen LogP contribution in [0.15, 0.2) is 36.5 Å². The monoisotopic (exact) mass is 514 g/mol. The smallest absolute Gasteiger partial charge is 0.254 e. The molecular weight excluding hydrogens is 480 g/mol. The number of amides is 1. The van der Waals surface area contributed by atoms with Crippen molar-refractivity contribution in [2.24, 2.45) is 11.7 Å². The summed E-state index contributed by atoms with van der Waals surface area (Å²) in [5, 5.41) is 1.08. The molecule has 1 amide bonds. The lowest BCUT2D eigenvalue weighted by molar-refractivity contribution is 0.00771. The molecule has 9 nitrogen and oxygen atoms in total. The third kappa shape index (κ3) is 3.34. The van der Waals surface area contributed by atoms with Crippen LogP contribution in [0.25, 0.3) is 33.6 Å². The quantitative estimate of drug-likeness (QED) is 0.418. The van der Waals surface area contributed by atoms with Gasteiger partial charge in [0.2, 0.25) is 0 Å². The van der Waals surface area contributed by atoms with E-state index in [-0.39, 0.29) is 30.1 Å². The molecule has 3 aromatic heterocycles. The Morgan fingerprint density at radius 3 is 2.71 bits per heavy atom. The second-order valence-electron chi connectivity index (χ2n) is 11.0. The van der Waals surface area contributed by atoms with Crippen molar-refractivity contribution >= 4 is 28.0 Å². The van der Waals surface area contributed by atoms with Crippen molar-refractivity contribution in [3.05, 3.63) is 42.1 Å². The van der Waals surface area contributed by atoms with E-state index in [1.807, 2.05) is 29.3 Å². The minimum absolute atomic E-state index is 0.0129. The number of carbonyl (C=O) groups excluding carboxylic acids is 1. The Morgan fingerprint density at radius 2 is 2.03 bits per heavy atom. The molecule has 1 saturated heterocycles. The molecule has 2 unspecified atom stereocenters. The summed E-state index contributed by atoms with van der Waals surface area (Å²) in [6.07, 6.45) is 5.94. The third-order valence-electron chi connectivity index (χ3n) is 9.10. The first-order valence-electron chi connectivity index (χ1n) is 13.7. The number of nitrogens with zero attached hydrogens (tertiary/aromatic N) is 5. The Labute approximate surface area is 221 Å². The van der Waals surface area contributed by atoms with E-state index in [0.29, 0.717) is 17.2 Å². The minimum atomic E-state index is 0.0129. The van der Waals surface area contributed by atoms with Gasteiger partial charge in [-0.2, -0.15) is 0 Å². The second-order valence-corrected chi connectivity index (χ2v) is 11.0. The molecule has 3 fully saturated rings. The zero-order valence-electron chi connectivity index (χ0n) is 22.1. The maximum absolute atomic E-state index is 13.7. The number of imidazole rings is 1. The van der Waals surface area contributed by atoms with E-state index in [9.17, 15) is 4.79 Å². The van der Waals surface area contributed by atoms with Crippen molar-refractivity contribution in [1.29, 1.82) is 0 Å². The summed E-state index contributed by atoms with van der Waals surface area (Å²) in [6.45, 7) is 3.62. The van der Waals surface area contributed by atoms with Crippen LogP contribution in [0.2, 0.25) is 0 Å². The number of benzene rings is 1. The van der Waals surface area contributed by atoms with Crippen molar-refractivity contribution in [2.75, 3.05) is 20.8 Å². The summed E-state index contributed by atoms with van der Waals surface area (Å²) in [6, 6.07) is 10.4. The zero-order valence-corrected chi connectivity index (χ0v) is 22.1. The highest BCUT2D eigenvalue weighted by Crippen LogP contribution is 2.44. The lowest BCUT2D eigenvalue weighted by atomic mass is 9.88. The van der Waals surface area contributed by atoms with E-state index in [1.165, 1.54) is 0 Å². The van der Waals surface area contributed by atoms with E-state index in [2.05, 4.69) is 33.2 Å². The fourth-order valence-electron chi connectivity index (χ4n) is 6.99. The average molecular weight is 515 g/mol. The van der Waals surface area contributed by atoms with E-state index < -0.39 is 0 Å². The van der Waals surface area contributed by atoms with Crippen LogP contribution in [0.3, 0.4) is 0 Å². The van der Waals surface area contributed by atoms with Crippen LogP contribution in [0.5, 0.6) is 5.75 Å². The molecule has 3 atom stereocenters. The Hall–Kier alpha value is -3.43. The van der Waals surface area contributed by atoms with Gasteiger partial charge in [-0.15, -0.1) is 0 Å². The number of ether oxygens (including phenoxy) is 2. The van der Waals surface area contributed by atoms with Gasteiger partial charge in [-0.3, -0.25) is 4.79 Å². The maximum Gasteiger partial charge on any atom is 0.254 e. The van der Waals surface area contributed by atoms with Crippen molar-refractivity contribution in [3.63, 3.8) is 0 Å². The third-order valence-corrected chi connectivity index (χ3v) is 9.10. The predicted molar refractivity (Wildman–Crippen MR) is 145 cm³/mol. The molecule has 0 spiro atoms. The van der Waals surface area contributed by atoms with Gasteiger partial charge in [-0.1, -0.05) is 0 Å². The molecule has 0 radical (unpaired) electrons. The molecule has 9 heteroatoms. The first-order valence-corrected chi connectivity index (χ1v) is 13.7. The van der Waals surface area contributed by atoms with E-state index in [4.69, 9.17) is 20.2 Å². The van der Waals surface area contributed by atoms with Crippen molar-refractivity contribution < 1.29 is 14.3 Å². The molecule has 1 aliphatic heterocycles. The standard InChI is InChI=1S/C29H34N6O3/c1-4-33-23(11-16-6-5-9-31-27(16)33)28-32-21-10-18(29(36)34-15-17-7-8-22(34)25(17)30)12-24(38-3)26(21)35(28)19-13-20(14-19)37-2/h5-6,9-12,17,19-20,22,25H,4,7-8,13-15,30H2,1-3H3/t17?,19?,20?,22?,25-/m1/s1. The summed E-state index contributed by atoms with van der Waals surface area (Å²) in [7, 11) is 3.43. The summed E-state index contributed by atoms with van der Waals surface area (Å²) < 4.78 is 16.1. The fourth-order valence-corrected chi connectivity index (χ4v) is 6.99. The Balaban J connectivity index is 1.40. The molecule has 2 bridgehead atoms. The molecule has 4 aromatic rings. The van der Waals surface area contributed by atoms with Gasteiger partial charge in [0.25, 0.3) is 5.91 Å². The highest BCUT2D eigenvalue weighted by atomic mass is 16.5. The Bertz CT molecular complexity index is 1550. The molecule has 198 valence electrons. The molecule has 3 aliphatic rings. The minimum Gasteiger partial charge on any atom is -0.494 e. The van der Waals surface area contributed by atoms with Crippen molar-refractivity contribution in [2.45, 2.75) is 63.4 Å². The van der Waals surface area contributed by atoms with Crippen LogP contribution in [-0.4, -0.2) is 68.9 Å². The Kier molecular flexibility index (Phi) is 5.49. The number of hydrogen-bond donors (Lipinski definition) is 1. The van der Waals surface area contributed by atoms with Crippen LogP contribution in [-0.2, 0) is 11.3 Å². The van der Waals surface area contributed by atoms with Gasteiger partial charge in [0, 0.05) is 55.5 Å². The number of methoxy groups -OCH3 is 2. The lowest BCUT2D eigenvalue weighted by Crippen LogP contribution is -2.41. The van der Waals surface area contributed by atoms with Gasteiger partial charge in [0.15, 0.2) is 5.82 Å². The number of carbonyl (C=O) groups is 1. The lowest BCUT2D eigenvalue weighted by Gasteiger charge is -2.36. The SMILES string of the molecule is CCn1c(-c2nc3cc(C(=O)N4CC5CCC4[C@@H]5N)cc(OC)c3n2C2CC(OC)C2)cc2cccnc21. The maximum atomic E-state index is 13.7. The number of fused-ring (bicyclic) bond motifs is 4. The van der Waals surface area contributed by atoms with Gasteiger partial charge >= 0.3 is 0 Å². The van der Waals surface area contributed by atoms with Gasteiger partial charge in [0.1, 0.15) is 16.9 Å². The zero-order chi connectivity index (χ0) is 26.1. The predicted octanol–water partition coefficient (Wildman–Crippen LogP) is 3.99. The molecule has 2 N–H and O–H groups in total. The number of pyridine rings is 1. The van der Waals surface area contributed by atoms with Crippen LogP contribution in [0.4, 0.5) is 0 Å². The number of piperidine rings is 1. The van der Waals surface area contributed by atoms with Crippen LogP contribution in [0, 0.1) is 5.92 Å². The number of hydrogen-bond acceptors (Lipinski definition) is 6. The van der Waals surface area contributed by atoms with E-state index in [0.717, 1.165) is 72.4 Å². The fraction of sp³-hybridized carbons (Fsp3) is 0.483. The number of aryl methyl sites for hydroxylation is 1. The van der Waals surface area contributed by atoms with E-state index in [1.54, 1.807) is 14.2 Å². The highest BCUT2D eigenvalue weighted by Gasteiger charge is 2.47. The first-order chi connectivity index (χ1) is 18.5. The summed E-state index contributed by atoms with van der Waals surface area (Å²) in [5.41, 5.74) is 10.6. The first kappa shape index (κ1) is 23.7.